The molecule has 150 valence electrons. The molecule has 1 aromatic heterocycles. The van der Waals surface area contributed by atoms with Crippen molar-refractivity contribution in [1.82, 2.24) is 0 Å². The van der Waals surface area contributed by atoms with Crippen LogP contribution in [0.4, 0.5) is 11.6 Å². The van der Waals surface area contributed by atoms with Crippen LogP contribution in [0.2, 0.25) is 0 Å². The molecule has 7 nitrogen and oxygen atoms in total. The second-order valence-corrected chi connectivity index (χ2v) is 6.61. The van der Waals surface area contributed by atoms with Crippen LogP contribution in [0.3, 0.4) is 0 Å². The van der Waals surface area contributed by atoms with Crippen molar-refractivity contribution in [3.05, 3.63) is 106 Å². The molecule has 7 heteroatoms. The first kappa shape index (κ1) is 19.6. The maximum absolute atomic E-state index is 12.7. The van der Waals surface area contributed by atoms with Gasteiger partial charge in [-0.15, -0.1) is 0 Å². The molecule has 4 rings (SSSR count). The van der Waals surface area contributed by atoms with Crippen LogP contribution in [0.1, 0.15) is 15.9 Å². The first-order chi connectivity index (χ1) is 15.1. The average molecular weight is 409 g/mol. The quantitative estimate of drug-likeness (QED) is 0.338. The number of benzene rings is 3. The lowest BCUT2D eigenvalue weighted by Gasteiger charge is -2.03. The number of nitrogens with one attached hydrogen (secondary N) is 1. The number of rotatable bonds is 5. The van der Waals surface area contributed by atoms with E-state index in [1.807, 2.05) is 60.7 Å². The van der Waals surface area contributed by atoms with Crippen LogP contribution in [-0.4, -0.2) is 10.8 Å². The predicted molar refractivity (Wildman–Crippen MR) is 115 cm³/mol. The number of nitro groups is 1. The Morgan fingerprint density at radius 2 is 1.48 bits per heavy atom. The molecule has 0 aliphatic rings. The van der Waals surface area contributed by atoms with Crippen molar-refractivity contribution in [2.75, 3.05) is 5.32 Å². The summed E-state index contributed by atoms with van der Waals surface area (Å²) >= 11 is 0. The van der Waals surface area contributed by atoms with Crippen molar-refractivity contribution in [2.45, 2.75) is 0 Å². The summed E-state index contributed by atoms with van der Waals surface area (Å²) in [6.07, 6.45) is 0. The van der Waals surface area contributed by atoms with Gasteiger partial charge in [0, 0.05) is 28.8 Å². The zero-order valence-corrected chi connectivity index (χ0v) is 16.1. The summed E-state index contributed by atoms with van der Waals surface area (Å²) in [5.74, 6) is -0.0646. The van der Waals surface area contributed by atoms with E-state index in [4.69, 9.17) is 4.42 Å². The fourth-order valence-corrected chi connectivity index (χ4v) is 3.21. The van der Waals surface area contributed by atoms with E-state index in [0.29, 0.717) is 11.3 Å². The molecule has 0 saturated carbocycles. The smallest absolute Gasteiger partial charge is 0.269 e. The summed E-state index contributed by atoms with van der Waals surface area (Å²) in [4.78, 5) is 23.0. The molecular formula is C24H15N3O4. The number of anilines is 1. The maximum atomic E-state index is 12.7. The number of amides is 1. The summed E-state index contributed by atoms with van der Waals surface area (Å²) in [5.41, 5.74) is 2.39. The number of furan rings is 1. The zero-order valence-electron chi connectivity index (χ0n) is 16.1. The molecular weight excluding hydrogens is 394 g/mol. The largest absolute Gasteiger partial charge is 0.438 e. The van der Waals surface area contributed by atoms with E-state index >= 15 is 0 Å². The Kier molecular flexibility index (Phi) is 5.28. The molecule has 0 radical (unpaired) electrons. The van der Waals surface area contributed by atoms with Gasteiger partial charge in [-0.05, 0) is 17.7 Å². The van der Waals surface area contributed by atoms with E-state index in [-0.39, 0.29) is 22.7 Å². The van der Waals surface area contributed by atoms with E-state index in [2.05, 4.69) is 11.4 Å². The molecule has 1 heterocycles. The third kappa shape index (κ3) is 3.91. The van der Waals surface area contributed by atoms with Gasteiger partial charge in [0.15, 0.2) is 0 Å². The summed E-state index contributed by atoms with van der Waals surface area (Å²) in [5, 5.41) is 23.3. The summed E-state index contributed by atoms with van der Waals surface area (Å²) < 4.78 is 5.97. The molecule has 0 saturated heterocycles. The normalized spacial score (nSPS) is 10.3. The standard InChI is InChI=1S/C24H15N3O4/c25-15-20-21(16-7-3-1-4-8-16)22(17-9-5-2-6-10-17)31-24(20)26-23(28)18-11-13-19(14-12-18)27(29)30/h1-14H,(H,26,28). The lowest BCUT2D eigenvalue weighted by molar-refractivity contribution is -0.384. The van der Waals surface area contributed by atoms with Gasteiger partial charge in [-0.3, -0.25) is 20.2 Å². The van der Waals surface area contributed by atoms with Crippen LogP contribution in [0, 0.1) is 21.4 Å². The van der Waals surface area contributed by atoms with Crippen molar-refractivity contribution >= 4 is 17.5 Å². The molecule has 0 atom stereocenters. The second kappa shape index (κ2) is 8.35. The van der Waals surface area contributed by atoms with Crippen LogP contribution in [0.15, 0.2) is 89.3 Å². The van der Waals surface area contributed by atoms with Crippen molar-refractivity contribution in [3.63, 3.8) is 0 Å². The Bertz CT molecular complexity index is 1290. The van der Waals surface area contributed by atoms with Crippen LogP contribution in [-0.2, 0) is 0 Å². The van der Waals surface area contributed by atoms with Crippen LogP contribution < -0.4 is 5.32 Å². The van der Waals surface area contributed by atoms with Gasteiger partial charge in [-0.1, -0.05) is 60.7 Å². The van der Waals surface area contributed by atoms with Crippen LogP contribution in [0.25, 0.3) is 22.5 Å². The Morgan fingerprint density at radius 3 is 2.03 bits per heavy atom. The lowest BCUT2D eigenvalue weighted by Crippen LogP contribution is -2.12. The summed E-state index contributed by atoms with van der Waals surface area (Å²) in [7, 11) is 0. The fourth-order valence-electron chi connectivity index (χ4n) is 3.21. The third-order valence-electron chi connectivity index (χ3n) is 4.69. The van der Waals surface area contributed by atoms with Crippen molar-refractivity contribution in [2.24, 2.45) is 0 Å². The molecule has 31 heavy (non-hydrogen) atoms. The van der Waals surface area contributed by atoms with Crippen LogP contribution >= 0.6 is 0 Å². The van der Waals surface area contributed by atoms with Crippen molar-refractivity contribution in [1.29, 1.82) is 5.26 Å². The summed E-state index contributed by atoms with van der Waals surface area (Å²) in [6, 6.07) is 25.9. The number of non-ortho nitro benzene ring substituents is 1. The van der Waals surface area contributed by atoms with Gasteiger partial charge in [0.1, 0.15) is 17.4 Å². The van der Waals surface area contributed by atoms with Gasteiger partial charge in [-0.25, -0.2) is 0 Å². The van der Waals surface area contributed by atoms with Crippen molar-refractivity contribution in [3.8, 4) is 28.5 Å². The van der Waals surface area contributed by atoms with Gasteiger partial charge >= 0.3 is 0 Å². The van der Waals surface area contributed by atoms with E-state index < -0.39 is 10.8 Å². The zero-order chi connectivity index (χ0) is 21.8. The molecule has 0 aliphatic heterocycles. The minimum atomic E-state index is -0.542. The number of hydrogen-bond acceptors (Lipinski definition) is 5. The molecule has 4 aromatic rings. The SMILES string of the molecule is N#Cc1c(NC(=O)c2ccc([N+](=O)[O-])cc2)oc(-c2ccccc2)c1-c1ccccc1. The minimum absolute atomic E-state index is 0.0172. The molecule has 0 spiro atoms. The van der Waals surface area contributed by atoms with Crippen molar-refractivity contribution < 1.29 is 14.1 Å². The molecule has 0 unspecified atom stereocenters. The highest BCUT2D eigenvalue weighted by Crippen LogP contribution is 2.41. The average Bonchev–Trinajstić information content (AvgIpc) is 3.18. The number of nitriles is 1. The highest BCUT2D eigenvalue weighted by atomic mass is 16.6. The maximum Gasteiger partial charge on any atom is 0.269 e. The highest BCUT2D eigenvalue weighted by Gasteiger charge is 2.24. The minimum Gasteiger partial charge on any atom is -0.438 e. The fraction of sp³-hybridized carbons (Fsp3) is 0. The first-order valence-corrected chi connectivity index (χ1v) is 9.32. The monoisotopic (exact) mass is 409 g/mol. The number of carbonyl (C=O) groups is 1. The molecule has 3 aromatic carbocycles. The molecule has 0 fully saturated rings. The van der Waals surface area contributed by atoms with E-state index in [1.54, 1.807) is 0 Å². The van der Waals surface area contributed by atoms with Gasteiger partial charge in [0.25, 0.3) is 11.6 Å². The molecule has 0 bridgehead atoms. The summed E-state index contributed by atoms with van der Waals surface area (Å²) in [6.45, 7) is 0. The first-order valence-electron chi connectivity index (χ1n) is 9.32. The Hall–Kier alpha value is -4.70. The lowest BCUT2D eigenvalue weighted by atomic mass is 9.98. The van der Waals surface area contributed by atoms with Crippen LogP contribution in [0.5, 0.6) is 0 Å². The number of nitro benzene ring substituents is 1. The third-order valence-corrected chi connectivity index (χ3v) is 4.69. The van der Waals surface area contributed by atoms with E-state index in [1.165, 1.54) is 24.3 Å². The van der Waals surface area contributed by atoms with Gasteiger partial charge in [-0.2, -0.15) is 5.26 Å². The second-order valence-electron chi connectivity index (χ2n) is 6.61. The highest BCUT2D eigenvalue weighted by molar-refractivity contribution is 6.05. The Balaban J connectivity index is 1.78. The topological polar surface area (TPSA) is 109 Å². The van der Waals surface area contributed by atoms with E-state index in [9.17, 15) is 20.2 Å². The van der Waals surface area contributed by atoms with Gasteiger partial charge < -0.3 is 4.42 Å². The Labute approximate surface area is 177 Å². The Morgan fingerprint density at radius 1 is 0.903 bits per heavy atom. The van der Waals surface area contributed by atoms with E-state index in [0.717, 1.165) is 11.1 Å². The molecule has 1 amide bonds. The number of hydrogen-bond donors (Lipinski definition) is 1. The number of carbonyl (C=O) groups excluding carboxylic acids is 1. The predicted octanol–water partition coefficient (Wildman–Crippen LogP) is 5.65. The molecule has 0 aliphatic carbocycles. The number of nitrogens with zero attached hydrogens (tertiary/aromatic N) is 2. The van der Waals surface area contributed by atoms with Gasteiger partial charge in [0.05, 0.1) is 4.92 Å². The van der Waals surface area contributed by atoms with Gasteiger partial charge in [0.2, 0.25) is 5.88 Å². The molecule has 1 N–H and O–H groups in total.